The van der Waals surface area contributed by atoms with Gasteiger partial charge in [-0.3, -0.25) is 4.79 Å². The normalized spacial score (nSPS) is 29.0. The van der Waals surface area contributed by atoms with E-state index in [1.165, 1.54) is 5.56 Å². The van der Waals surface area contributed by atoms with Gasteiger partial charge in [-0.25, -0.2) is 0 Å². The molecular formula is C18H26N2O3. The summed E-state index contributed by atoms with van der Waals surface area (Å²) in [5.74, 6) is 0.0419. The molecule has 1 saturated heterocycles. The van der Waals surface area contributed by atoms with E-state index in [-0.39, 0.29) is 24.0 Å². The number of aliphatic hydroxyl groups is 1. The molecule has 0 spiro atoms. The highest BCUT2D eigenvalue weighted by Gasteiger charge is 2.37. The Balaban J connectivity index is 1.42. The molecular weight excluding hydrogens is 292 g/mol. The van der Waals surface area contributed by atoms with E-state index in [9.17, 15) is 9.90 Å². The van der Waals surface area contributed by atoms with Crippen molar-refractivity contribution in [3.63, 3.8) is 0 Å². The van der Waals surface area contributed by atoms with Gasteiger partial charge in [0.05, 0.1) is 18.8 Å². The summed E-state index contributed by atoms with van der Waals surface area (Å²) in [6.45, 7) is 2.10. The summed E-state index contributed by atoms with van der Waals surface area (Å²) in [4.78, 5) is 14.4. The third-order valence-electron chi connectivity index (χ3n) is 5.01. The molecule has 1 aliphatic carbocycles. The lowest BCUT2D eigenvalue weighted by Gasteiger charge is -2.33. The summed E-state index contributed by atoms with van der Waals surface area (Å²) in [5.41, 5.74) is 6.99. The van der Waals surface area contributed by atoms with Crippen LogP contribution in [-0.4, -0.2) is 47.3 Å². The lowest BCUT2D eigenvalue weighted by molar-refractivity contribution is -0.138. The molecule has 3 atom stereocenters. The van der Waals surface area contributed by atoms with Crippen LogP contribution < -0.4 is 5.73 Å². The first kappa shape index (κ1) is 16.4. The lowest BCUT2D eigenvalue weighted by atomic mass is 10.0. The maximum Gasteiger partial charge on any atom is 0.225 e. The molecule has 0 radical (unpaired) electrons. The summed E-state index contributed by atoms with van der Waals surface area (Å²) in [7, 11) is 0. The highest BCUT2D eigenvalue weighted by molar-refractivity contribution is 5.79. The zero-order chi connectivity index (χ0) is 16.2. The molecule has 1 aromatic rings. The van der Waals surface area contributed by atoms with Crippen molar-refractivity contribution in [2.75, 3.05) is 13.1 Å². The molecule has 0 aromatic heterocycles. The second-order valence-corrected chi connectivity index (χ2v) is 6.72. The number of carbonyl (C=O) groups is 1. The van der Waals surface area contributed by atoms with Crippen LogP contribution in [0.1, 0.15) is 31.2 Å². The van der Waals surface area contributed by atoms with E-state index in [4.69, 9.17) is 10.5 Å². The number of nitrogens with two attached hydrogens (primary N) is 1. The summed E-state index contributed by atoms with van der Waals surface area (Å²) in [6, 6.07) is 9.90. The minimum Gasteiger partial charge on any atom is -0.391 e. The number of hydrogen-bond donors (Lipinski definition) is 2. The maximum atomic E-state index is 12.5. The monoisotopic (exact) mass is 318 g/mol. The Hall–Kier alpha value is -1.43. The minimum atomic E-state index is -0.532. The minimum absolute atomic E-state index is 0.109. The molecule has 5 nitrogen and oxygen atoms in total. The molecule has 5 heteroatoms. The van der Waals surface area contributed by atoms with Gasteiger partial charge >= 0.3 is 0 Å². The van der Waals surface area contributed by atoms with Crippen LogP contribution in [0.5, 0.6) is 0 Å². The summed E-state index contributed by atoms with van der Waals surface area (Å²) in [6.07, 6.45) is 2.54. The fraction of sp³-hybridized carbons (Fsp3) is 0.611. The fourth-order valence-corrected chi connectivity index (χ4v) is 3.54. The van der Waals surface area contributed by atoms with Gasteiger partial charge in [-0.05, 0) is 31.2 Å². The average Bonchev–Trinajstić information content (AvgIpc) is 2.93. The van der Waals surface area contributed by atoms with Gasteiger partial charge in [-0.2, -0.15) is 0 Å². The number of aliphatic hydroxyl groups excluding tert-OH is 1. The first-order valence-electron chi connectivity index (χ1n) is 8.51. The summed E-state index contributed by atoms with van der Waals surface area (Å²) < 4.78 is 5.96. The van der Waals surface area contributed by atoms with Crippen LogP contribution in [-0.2, 0) is 16.1 Å². The van der Waals surface area contributed by atoms with Crippen LogP contribution in [0.2, 0.25) is 0 Å². The molecule has 1 heterocycles. The number of piperidine rings is 1. The molecule has 2 aliphatic rings. The highest BCUT2D eigenvalue weighted by Crippen LogP contribution is 2.28. The molecule has 0 unspecified atom stereocenters. The smallest absolute Gasteiger partial charge is 0.225 e. The van der Waals surface area contributed by atoms with E-state index in [0.29, 0.717) is 19.4 Å². The standard InChI is InChI=1S/C18H26N2O3/c19-16-10-14(11-17(16)21)18(22)20-8-6-15(7-9-20)23-12-13-4-2-1-3-5-13/h1-5,14-17,21H,6-12,19H2/t14-,16+,17+/m0/s1. The van der Waals surface area contributed by atoms with Gasteiger partial charge in [-0.1, -0.05) is 30.3 Å². The fourth-order valence-electron chi connectivity index (χ4n) is 3.54. The molecule has 1 aliphatic heterocycles. The van der Waals surface area contributed by atoms with E-state index < -0.39 is 6.10 Å². The Kier molecular flexibility index (Phi) is 5.30. The first-order chi connectivity index (χ1) is 11.1. The van der Waals surface area contributed by atoms with Crippen LogP contribution in [0.4, 0.5) is 0 Å². The number of likely N-dealkylation sites (tertiary alicyclic amines) is 1. The van der Waals surface area contributed by atoms with Crippen LogP contribution in [0.25, 0.3) is 0 Å². The average molecular weight is 318 g/mol. The lowest BCUT2D eigenvalue weighted by Crippen LogP contribution is -2.43. The van der Waals surface area contributed by atoms with Gasteiger partial charge in [0.25, 0.3) is 0 Å². The van der Waals surface area contributed by atoms with Crippen LogP contribution in [0.3, 0.4) is 0 Å². The molecule has 23 heavy (non-hydrogen) atoms. The van der Waals surface area contributed by atoms with Gasteiger partial charge in [0.2, 0.25) is 5.91 Å². The van der Waals surface area contributed by atoms with Gasteiger partial charge in [-0.15, -0.1) is 0 Å². The van der Waals surface area contributed by atoms with Gasteiger partial charge < -0.3 is 20.5 Å². The second kappa shape index (κ2) is 7.43. The van der Waals surface area contributed by atoms with Crippen LogP contribution in [0.15, 0.2) is 30.3 Å². The topological polar surface area (TPSA) is 75.8 Å². The van der Waals surface area contributed by atoms with E-state index >= 15 is 0 Å². The molecule has 1 saturated carbocycles. The number of rotatable bonds is 4. The Labute approximate surface area is 137 Å². The Morgan fingerprint density at radius 3 is 2.52 bits per heavy atom. The number of amides is 1. The van der Waals surface area contributed by atoms with Gasteiger partial charge in [0.15, 0.2) is 0 Å². The van der Waals surface area contributed by atoms with Crippen LogP contribution in [0, 0.1) is 5.92 Å². The van der Waals surface area contributed by atoms with E-state index in [2.05, 4.69) is 12.1 Å². The van der Waals surface area contributed by atoms with Crippen molar-refractivity contribution < 1.29 is 14.6 Å². The number of benzene rings is 1. The van der Waals surface area contributed by atoms with E-state index in [0.717, 1.165) is 25.9 Å². The quantitative estimate of drug-likeness (QED) is 0.877. The van der Waals surface area contributed by atoms with E-state index in [1.54, 1.807) is 0 Å². The zero-order valence-corrected chi connectivity index (χ0v) is 13.4. The predicted octanol–water partition coefficient (Wildman–Crippen LogP) is 1.29. The third-order valence-corrected chi connectivity index (χ3v) is 5.01. The van der Waals surface area contributed by atoms with Gasteiger partial charge in [0, 0.05) is 25.0 Å². The van der Waals surface area contributed by atoms with Crippen molar-refractivity contribution in [1.29, 1.82) is 0 Å². The first-order valence-corrected chi connectivity index (χ1v) is 8.51. The molecule has 0 bridgehead atoms. The largest absolute Gasteiger partial charge is 0.391 e. The van der Waals surface area contributed by atoms with Crippen molar-refractivity contribution in [2.45, 2.75) is 50.5 Å². The number of nitrogens with zero attached hydrogens (tertiary/aromatic N) is 1. The number of carbonyl (C=O) groups excluding carboxylic acids is 1. The Morgan fingerprint density at radius 2 is 1.91 bits per heavy atom. The van der Waals surface area contributed by atoms with Crippen LogP contribution >= 0.6 is 0 Å². The zero-order valence-electron chi connectivity index (χ0n) is 13.4. The summed E-state index contributed by atoms with van der Waals surface area (Å²) in [5, 5.41) is 9.72. The molecule has 3 N–H and O–H groups in total. The number of ether oxygens (including phenoxy) is 1. The Bertz CT molecular complexity index is 504. The maximum absolute atomic E-state index is 12.5. The second-order valence-electron chi connectivity index (χ2n) is 6.72. The van der Waals surface area contributed by atoms with Crippen molar-refractivity contribution >= 4 is 5.91 Å². The SMILES string of the molecule is N[C@@H]1C[C@H](C(=O)N2CCC(OCc3ccccc3)CC2)C[C@H]1O. The van der Waals surface area contributed by atoms with Gasteiger partial charge in [0.1, 0.15) is 0 Å². The number of hydrogen-bond acceptors (Lipinski definition) is 4. The molecule has 126 valence electrons. The van der Waals surface area contributed by atoms with E-state index in [1.807, 2.05) is 23.1 Å². The molecule has 2 fully saturated rings. The van der Waals surface area contributed by atoms with Crippen molar-refractivity contribution in [3.8, 4) is 0 Å². The molecule has 3 rings (SSSR count). The predicted molar refractivity (Wildman–Crippen MR) is 87.5 cm³/mol. The molecule has 1 amide bonds. The Morgan fingerprint density at radius 1 is 1.22 bits per heavy atom. The van der Waals surface area contributed by atoms with Crippen molar-refractivity contribution in [1.82, 2.24) is 4.90 Å². The van der Waals surface area contributed by atoms with Crippen molar-refractivity contribution in [3.05, 3.63) is 35.9 Å². The third kappa shape index (κ3) is 4.10. The van der Waals surface area contributed by atoms with Crippen molar-refractivity contribution in [2.24, 2.45) is 11.7 Å². The molecule has 1 aromatic carbocycles. The highest BCUT2D eigenvalue weighted by atomic mass is 16.5. The summed E-state index contributed by atoms with van der Waals surface area (Å²) >= 11 is 0.